The summed E-state index contributed by atoms with van der Waals surface area (Å²) in [4.78, 5) is 11.9. The van der Waals surface area contributed by atoms with E-state index in [0.29, 0.717) is 13.0 Å². The summed E-state index contributed by atoms with van der Waals surface area (Å²) in [6.45, 7) is 5.53. The summed E-state index contributed by atoms with van der Waals surface area (Å²) in [7, 11) is 0. The molecule has 0 aliphatic heterocycles. The minimum absolute atomic E-state index is 0.277. The SMILES string of the molecule is CCOC(=O)C(CC(C)(C)O)c1ccccc1. The largest absolute Gasteiger partial charge is 0.466 e. The van der Waals surface area contributed by atoms with Gasteiger partial charge >= 0.3 is 5.97 Å². The van der Waals surface area contributed by atoms with Crippen molar-refractivity contribution in [1.29, 1.82) is 0 Å². The van der Waals surface area contributed by atoms with Gasteiger partial charge in [-0.3, -0.25) is 4.79 Å². The van der Waals surface area contributed by atoms with Crippen molar-refractivity contribution in [3.63, 3.8) is 0 Å². The molecule has 3 nitrogen and oxygen atoms in total. The van der Waals surface area contributed by atoms with Crippen LogP contribution < -0.4 is 0 Å². The number of carbonyl (C=O) groups is 1. The topological polar surface area (TPSA) is 46.5 Å². The maximum absolute atomic E-state index is 11.9. The molecule has 1 unspecified atom stereocenters. The van der Waals surface area contributed by atoms with Crippen molar-refractivity contribution in [1.82, 2.24) is 0 Å². The third kappa shape index (κ3) is 4.57. The van der Waals surface area contributed by atoms with Crippen LogP contribution in [0.1, 0.15) is 38.7 Å². The Kier molecular flexibility index (Phi) is 4.70. The number of esters is 1. The molecule has 0 spiro atoms. The Labute approximate surface area is 102 Å². The van der Waals surface area contributed by atoms with Crippen LogP contribution in [0, 0.1) is 0 Å². The Bertz CT molecular complexity index is 351. The van der Waals surface area contributed by atoms with Crippen molar-refractivity contribution in [3.8, 4) is 0 Å². The summed E-state index contributed by atoms with van der Waals surface area (Å²) < 4.78 is 5.05. The van der Waals surface area contributed by atoms with Crippen molar-refractivity contribution in [3.05, 3.63) is 35.9 Å². The van der Waals surface area contributed by atoms with Gasteiger partial charge in [0.05, 0.1) is 18.1 Å². The van der Waals surface area contributed by atoms with Crippen molar-refractivity contribution >= 4 is 5.97 Å². The Morgan fingerprint density at radius 3 is 2.41 bits per heavy atom. The van der Waals surface area contributed by atoms with Gasteiger partial charge in [0.25, 0.3) is 0 Å². The standard InChI is InChI=1S/C14H20O3/c1-4-17-13(15)12(10-14(2,3)16)11-8-6-5-7-9-11/h5-9,12,16H,4,10H2,1-3H3. The van der Waals surface area contributed by atoms with Gasteiger partial charge in [-0.15, -0.1) is 0 Å². The maximum atomic E-state index is 11.9. The number of hydrogen-bond donors (Lipinski definition) is 1. The fourth-order valence-corrected chi connectivity index (χ4v) is 1.77. The molecule has 0 aliphatic rings. The fourth-order valence-electron chi connectivity index (χ4n) is 1.77. The summed E-state index contributed by atoms with van der Waals surface area (Å²) >= 11 is 0. The lowest BCUT2D eigenvalue weighted by Crippen LogP contribution is -2.27. The number of carbonyl (C=O) groups excluding carboxylic acids is 1. The average Bonchev–Trinajstić information content (AvgIpc) is 2.26. The third-order valence-corrected chi connectivity index (χ3v) is 2.48. The van der Waals surface area contributed by atoms with Crippen LogP contribution in [0.3, 0.4) is 0 Å². The van der Waals surface area contributed by atoms with Crippen LogP contribution >= 0.6 is 0 Å². The molecule has 94 valence electrons. The molecule has 17 heavy (non-hydrogen) atoms. The molecule has 0 aliphatic carbocycles. The second-order valence-corrected chi connectivity index (χ2v) is 4.73. The second-order valence-electron chi connectivity index (χ2n) is 4.73. The highest BCUT2D eigenvalue weighted by Gasteiger charge is 2.28. The minimum atomic E-state index is -0.896. The molecule has 0 heterocycles. The average molecular weight is 236 g/mol. The van der Waals surface area contributed by atoms with Gasteiger partial charge < -0.3 is 9.84 Å². The lowest BCUT2D eigenvalue weighted by atomic mass is 9.88. The lowest BCUT2D eigenvalue weighted by Gasteiger charge is -2.23. The summed E-state index contributed by atoms with van der Waals surface area (Å²) in [6.07, 6.45) is 0.357. The molecule has 0 aromatic heterocycles. The van der Waals surface area contributed by atoms with Crippen LogP contribution in [-0.2, 0) is 9.53 Å². The van der Waals surface area contributed by atoms with E-state index in [-0.39, 0.29) is 5.97 Å². The van der Waals surface area contributed by atoms with Crippen molar-refractivity contribution < 1.29 is 14.6 Å². The molecule has 1 rings (SSSR count). The molecule has 0 fully saturated rings. The fraction of sp³-hybridized carbons (Fsp3) is 0.500. The molecule has 1 aromatic carbocycles. The number of benzene rings is 1. The van der Waals surface area contributed by atoms with E-state index in [2.05, 4.69) is 0 Å². The Morgan fingerprint density at radius 1 is 1.35 bits per heavy atom. The van der Waals surface area contributed by atoms with E-state index in [4.69, 9.17) is 4.74 Å². The van der Waals surface area contributed by atoms with Crippen molar-refractivity contribution in [2.24, 2.45) is 0 Å². The zero-order valence-corrected chi connectivity index (χ0v) is 10.6. The third-order valence-electron chi connectivity index (χ3n) is 2.48. The van der Waals surface area contributed by atoms with Gasteiger partial charge in [0, 0.05) is 0 Å². The number of rotatable bonds is 5. The van der Waals surface area contributed by atoms with Crippen LogP contribution in [-0.4, -0.2) is 23.3 Å². The molecule has 1 atom stereocenters. The van der Waals surface area contributed by atoms with Gasteiger partial charge in [-0.25, -0.2) is 0 Å². The Balaban J connectivity index is 2.91. The maximum Gasteiger partial charge on any atom is 0.313 e. The van der Waals surface area contributed by atoms with Crippen molar-refractivity contribution in [2.75, 3.05) is 6.61 Å². The molecular formula is C14H20O3. The van der Waals surface area contributed by atoms with Gasteiger partial charge in [-0.2, -0.15) is 0 Å². The summed E-state index contributed by atoms with van der Waals surface area (Å²) in [6, 6.07) is 9.42. The van der Waals surface area contributed by atoms with Crippen LogP contribution in [0.4, 0.5) is 0 Å². The summed E-state index contributed by atoms with van der Waals surface area (Å²) in [5, 5.41) is 9.86. The van der Waals surface area contributed by atoms with Gasteiger partial charge in [0.15, 0.2) is 0 Å². The van der Waals surface area contributed by atoms with E-state index < -0.39 is 11.5 Å². The van der Waals surface area contributed by atoms with Gasteiger partial charge in [-0.05, 0) is 32.8 Å². The van der Waals surface area contributed by atoms with Crippen LogP contribution in [0.5, 0.6) is 0 Å². The number of hydrogen-bond acceptors (Lipinski definition) is 3. The first-order valence-corrected chi connectivity index (χ1v) is 5.88. The first-order valence-electron chi connectivity index (χ1n) is 5.88. The van der Waals surface area contributed by atoms with Gasteiger partial charge in [0.2, 0.25) is 0 Å². The predicted molar refractivity (Wildman–Crippen MR) is 66.7 cm³/mol. The normalized spacial score (nSPS) is 13.2. The molecule has 0 bridgehead atoms. The van der Waals surface area contributed by atoms with E-state index in [9.17, 15) is 9.90 Å². The van der Waals surface area contributed by atoms with Crippen LogP contribution in [0.15, 0.2) is 30.3 Å². The highest BCUT2D eigenvalue weighted by molar-refractivity contribution is 5.78. The highest BCUT2D eigenvalue weighted by atomic mass is 16.5. The Hall–Kier alpha value is -1.35. The molecule has 1 aromatic rings. The minimum Gasteiger partial charge on any atom is -0.466 e. The smallest absolute Gasteiger partial charge is 0.313 e. The number of ether oxygens (including phenoxy) is 1. The van der Waals surface area contributed by atoms with E-state index in [1.165, 1.54) is 0 Å². The molecule has 1 N–H and O–H groups in total. The summed E-state index contributed by atoms with van der Waals surface area (Å²) in [5.41, 5.74) is -0.0131. The second kappa shape index (κ2) is 5.82. The first-order chi connectivity index (χ1) is 7.94. The van der Waals surface area contributed by atoms with Gasteiger partial charge in [0.1, 0.15) is 0 Å². The Morgan fingerprint density at radius 2 is 1.94 bits per heavy atom. The van der Waals surface area contributed by atoms with E-state index in [1.54, 1.807) is 20.8 Å². The molecule has 3 heteroatoms. The molecule has 0 amide bonds. The monoisotopic (exact) mass is 236 g/mol. The molecular weight excluding hydrogens is 216 g/mol. The predicted octanol–water partition coefficient (Wildman–Crippen LogP) is 2.49. The molecule has 0 radical (unpaired) electrons. The zero-order chi connectivity index (χ0) is 12.9. The zero-order valence-electron chi connectivity index (χ0n) is 10.6. The van der Waals surface area contributed by atoms with E-state index in [0.717, 1.165) is 5.56 Å². The van der Waals surface area contributed by atoms with E-state index >= 15 is 0 Å². The van der Waals surface area contributed by atoms with Gasteiger partial charge in [-0.1, -0.05) is 30.3 Å². The lowest BCUT2D eigenvalue weighted by molar-refractivity contribution is -0.146. The van der Waals surface area contributed by atoms with Crippen LogP contribution in [0.2, 0.25) is 0 Å². The molecule has 0 saturated heterocycles. The van der Waals surface area contributed by atoms with Crippen LogP contribution in [0.25, 0.3) is 0 Å². The first kappa shape index (κ1) is 13.7. The van der Waals surface area contributed by atoms with Crippen molar-refractivity contribution in [2.45, 2.75) is 38.7 Å². The molecule has 0 saturated carbocycles. The quantitative estimate of drug-likeness (QED) is 0.799. The number of aliphatic hydroxyl groups is 1. The summed E-state index contributed by atoms with van der Waals surface area (Å²) in [5.74, 6) is -0.683. The highest BCUT2D eigenvalue weighted by Crippen LogP contribution is 2.27. The van der Waals surface area contributed by atoms with E-state index in [1.807, 2.05) is 30.3 Å².